The maximum Gasteiger partial charge on any atom is 0.408 e. The van der Waals surface area contributed by atoms with Crippen LogP contribution in [0.15, 0.2) is 5.38 Å². The lowest BCUT2D eigenvalue weighted by atomic mass is 9.91. The van der Waals surface area contributed by atoms with Crippen LogP contribution in [0.25, 0.3) is 0 Å². The number of sulfone groups is 1. The first-order chi connectivity index (χ1) is 21.7. The summed E-state index contributed by atoms with van der Waals surface area (Å²) in [4.78, 5) is 56.3. The second-order valence-electron chi connectivity index (χ2n) is 13.9. The maximum absolute atomic E-state index is 13.5. The van der Waals surface area contributed by atoms with Gasteiger partial charge in [0.2, 0.25) is 17.7 Å². The molecule has 13 nitrogen and oxygen atoms in total. The molecule has 0 radical (unpaired) electrons. The van der Waals surface area contributed by atoms with Crippen LogP contribution >= 0.6 is 11.3 Å². The number of aryl methyl sites for hydroxylation is 1. The van der Waals surface area contributed by atoms with Gasteiger partial charge in [-0.05, 0) is 43.4 Å². The van der Waals surface area contributed by atoms with Gasteiger partial charge in [-0.25, -0.2) is 18.2 Å². The quantitative estimate of drug-likeness (QED) is 0.136. The minimum Gasteiger partial charge on any atom is -0.442 e. The van der Waals surface area contributed by atoms with E-state index < -0.39 is 63.6 Å². The minimum absolute atomic E-state index is 0.0110. The molecule has 0 bridgehead atoms. The molecule has 0 aliphatic rings. The Labute approximate surface area is 284 Å². The average molecular weight is 704 g/mol. The van der Waals surface area contributed by atoms with E-state index in [2.05, 4.69) is 26.3 Å². The summed E-state index contributed by atoms with van der Waals surface area (Å²) in [6, 6.07) is -3.12. The van der Waals surface area contributed by atoms with Crippen molar-refractivity contribution in [2.75, 3.05) is 18.1 Å². The number of nitrogens with zero attached hydrogens (tertiary/aromatic N) is 1. The Morgan fingerprint density at radius 1 is 0.851 bits per heavy atom. The summed E-state index contributed by atoms with van der Waals surface area (Å²) < 4.78 is 31.0. The van der Waals surface area contributed by atoms with Gasteiger partial charge in [-0.15, -0.1) is 11.3 Å². The monoisotopic (exact) mass is 703 g/mol. The first kappa shape index (κ1) is 42.2. The number of aromatic nitrogens is 1. The Bertz CT molecular complexity index is 1270. The van der Waals surface area contributed by atoms with Crippen LogP contribution in [0.1, 0.15) is 85.9 Å². The predicted octanol–water partition coefficient (Wildman–Crippen LogP) is 2.95. The van der Waals surface area contributed by atoms with E-state index in [0.717, 1.165) is 5.69 Å². The second-order valence-corrected chi connectivity index (χ2v) is 17.0. The molecule has 47 heavy (non-hydrogen) atoms. The van der Waals surface area contributed by atoms with Gasteiger partial charge in [0.25, 0.3) is 0 Å². The number of alkyl carbamates (subject to hydrolysis) is 1. The number of nitrogens with one attached hydrogen (secondary N) is 4. The fourth-order valence-electron chi connectivity index (χ4n) is 4.78. The molecular formula is C32H57N5O8S2. The Morgan fingerprint density at radius 3 is 2.00 bits per heavy atom. The summed E-state index contributed by atoms with van der Waals surface area (Å²) in [6.07, 6.45) is -1.91. The maximum atomic E-state index is 13.5. The summed E-state index contributed by atoms with van der Waals surface area (Å²) in [6.45, 7) is 18.6. The number of aliphatic hydroxyl groups excluding tert-OH is 1. The van der Waals surface area contributed by atoms with Crippen LogP contribution in [0.5, 0.6) is 0 Å². The zero-order valence-electron chi connectivity index (χ0n) is 29.6. The van der Waals surface area contributed by atoms with E-state index in [4.69, 9.17) is 4.74 Å². The number of aliphatic hydroxyl groups is 1. The number of hydrogen-bond donors (Lipinski definition) is 5. The standard InChI is InChI=1S/C32H57N5O8S2/c1-18(2)11-24(26(38)12-22(9)29(39)37-28(21(7)8)31(41)33-13-19(3)4)35-30(40)25(17-47(43,44)16-20(5)6)36-32(42)45-14-27-34-23(10)15-46-27/h15,18-22,24-26,28,38H,11-14,16-17H2,1-10H3,(H,33,41)(H,35,40)(H,36,42)(H,37,39)/t22-,24-,25+,26+,28-/m1/s1. The summed E-state index contributed by atoms with van der Waals surface area (Å²) in [5, 5.41) is 24.3. The number of carbonyl (C=O) groups is 4. The van der Waals surface area contributed by atoms with Crippen LogP contribution in [0.3, 0.4) is 0 Å². The Morgan fingerprint density at radius 2 is 1.49 bits per heavy atom. The van der Waals surface area contributed by atoms with Gasteiger partial charge in [-0.2, -0.15) is 0 Å². The summed E-state index contributed by atoms with van der Waals surface area (Å²) in [5.74, 6) is -3.22. The average Bonchev–Trinajstić information content (AvgIpc) is 3.36. The summed E-state index contributed by atoms with van der Waals surface area (Å²) in [5.41, 5.74) is 0.763. The van der Waals surface area contributed by atoms with Crippen molar-refractivity contribution in [3.05, 3.63) is 16.1 Å². The van der Waals surface area contributed by atoms with Crippen molar-refractivity contribution in [1.29, 1.82) is 0 Å². The molecular weight excluding hydrogens is 647 g/mol. The number of ether oxygens (including phenoxy) is 1. The normalized spacial score (nSPS) is 15.2. The van der Waals surface area contributed by atoms with Gasteiger partial charge in [0.15, 0.2) is 9.84 Å². The summed E-state index contributed by atoms with van der Waals surface area (Å²) in [7, 11) is -3.77. The zero-order chi connectivity index (χ0) is 36.1. The number of hydrogen-bond acceptors (Lipinski definition) is 10. The lowest BCUT2D eigenvalue weighted by Gasteiger charge is -2.30. The number of thiazole rings is 1. The Kier molecular flexibility index (Phi) is 17.9. The van der Waals surface area contributed by atoms with Crippen LogP contribution in [0.2, 0.25) is 0 Å². The van der Waals surface area contributed by atoms with Gasteiger partial charge < -0.3 is 31.1 Å². The van der Waals surface area contributed by atoms with Crippen LogP contribution in [0.4, 0.5) is 4.79 Å². The fourth-order valence-corrected chi connectivity index (χ4v) is 7.35. The van der Waals surface area contributed by atoms with Crippen molar-refractivity contribution < 1.29 is 37.4 Å². The third kappa shape index (κ3) is 16.7. The molecule has 15 heteroatoms. The summed E-state index contributed by atoms with van der Waals surface area (Å²) >= 11 is 1.30. The lowest BCUT2D eigenvalue weighted by Crippen LogP contribution is -2.56. The fraction of sp³-hybridized carbons (Fsp3) is 0.781. The van der Waals surface area contributed by atoms with Crippen LogP contribution in [-0.4, -0.2) is 84.6 Å². The highest BCUT2D eigenvalue weighted by molar-refractivity contribution is 7.91. The number of amides is 4. The van der Waals surface area contributed by atoms with E-state index in [0.29, 0.717) is 18.0 Å². The highest BCUT2D eigenvalue weighted by Crippen LogP contribution is 2.17. The molecule has 0 aromatic carbocycles. The van der Waals surface area contributed by atoms with E-state index in [9.17, 15) is 32.7 Å². The predicted molar refractivity (Wildman–Crippen MR) is 183 cm³/mol. The number of rotatable bonds is 20. The molecule has 0 spiro atoms. The molecule has 0 saturated heterocycles. The molecule has 1 aromatic heterocycles. The molecule has 5 atom stereocenters. The lowest BCUT2D eigenvalue weighted by molar-refractivity contribution is -0.132. The molecule has 1 heterocycles. The molecule has 0 aliphatic heterocycles. The van der Waals surface area contributed by atoms with Gasteiger partial charge in [0, 0.05) is 23.5 Å². The van der Waals surface area contributed by atoms with E-state index in [1.165, 1.54) is 11.3 Å². The van der Waals surface area contributed by atoms with E-state index in [1.54, 1.807) is 33.1 Å². The largest absolute Gasteiger partial charge is 0.442 e. The van der Waals surface area contributed by atoms with E-state index in [1.807, 2.05) is 41.5 Å². The van der Waals surface area contributed by atoms with Gasteiger partial charge in [0.05, 0.1) is 23.7 Å². The molecule has 270 valence electrons. The van der Waals surface area contributed by atoms with Crippen molar-refractivity contribution in [1.82, 2.24) is 26.3 Å². The SMILES string of the molecule is Cc1csc(COC(=O)N[C@@H](CS(=O)(=O)CC(C)C)C(=O)N[C@H](CC(C)C)[C@@H](O)C[C@@H](C)C(=O)N[C@@H](C(=O)NCC(C)C)C(C)C)n1. The topological polar surface area (TPSA) is 193 Å². The van der Waals surface area contributed by atoms with Crippen LogP contribution in [0, 0.1) is 36.5 Å². The van der Waals surface area contributed by atoms with Crippen LogP contribution < -0.4 is 21.3 Å². The smallest absolute Gasteiger partial charge is 0.408 e. The second kappa shape index (κ2) is 19.9. The molecule has 0 fully saturated rings. The van der Waals surface area contributed by atoms with Gasteiger partial charge in [-0.3, -0.25) is 14.4 Å². The Hall–Kier alpha value is -2.78. The molecule has 0 unspecified atom stereocenters. The highest BCUT2D eigenvalue weighted by atomic mass is 32.2. The third-order valence-corrected chi connectivity index (χ3v) is 10.1. The van der Waals surface area contributed by atoms with Crippen molar-refractivity contribution in [3.8, 4) is 0 Å². The van der Waals surface area contributed by atoms with Crippen LogP contribution in [-0.2, 0) is 35.6 Å². The molecule has 0 saturated carbocycles. The highest BCUT2D eigenvalue weighted by Gasteiger charge is 2.33. The molecule has 5 N–H and O–H groups in total. The Balaban J connectivity index is 3.07. The van der Waals surface area contributed by atoms with Crippen molar-refractivity contribution in [2.24, 2.45) is 29.6 Å². The zero-order valence-corrected chi connectivity index (χ0v) is 31.2. The van der Waals surface area contributed by atoms with Gasteiger partial charge in [-0.1, -0.05) is 62.3 Å². The number of carbonyl (C=O) groups excluding carboxylic acids is 4. The van der Waals surface area contributed by atoms with Crippen molar-refractivity contribution in [3.63, 3.8) is 0 Å². The van der Waals surface area contributed by atoms with E-state index >= 15 is 0 Å². The molecule has 1 aromatic rings. The molecule has 0 aliphatic carbocycles. The first-order valence-electron chi connectivity index (χ1n) is 16.3. The first-order valence-corrected chi connectivity index (χ1v) is 19.0. The molecule has 4 amide bonds. The van der Waals surface area contributed by atoms with E-state index in [-0.39, 0.29) is 48.4 Å². The third-order valence-electron chi connectivity index (χ3n) is 7.10. The minimum atomic E-state index is -3.77. The van der Waals surface area contributed by atoms with Crippen molar-refractivity contribution in [2.45, 2.75) is 113 Å². The van der Waals surface area contributed by atoms with Gasteiger partial charge >= 0.3 is 6.09 Å². The van der Waals surface area contributed by atoms with Crippen molar-refractivity contribution >= 4 is 45.0 Å². The van der Waals surface area contributed by atoms with Gasteiger partial charge in [0.1, 0.15) is 23.7 Å². The molecule has 1 rings (SSSR count).